The van der Waals surface area contributed by atoms with Crippen molar-refractivity contribution in [3.63, 3.8) is 0 Å². The summed E-state index contributed by atoms with van der Waals surface area (Å²) in [4.78, 5) is 11.4. The molecule has 0 aliphatic rings. The van der Waals surface area contributed by atoms with Gasteiger partial charge in [-0.25, -0.2) is 8.42 Å². The summed E-state index contributed by atoms with van der Waals surface area (Å²) in [5.41, 5.74) is 2.11. The average Bonchev–Trinajstić information content (AvgIpc) is 2.74. The van der Waals surface area contributed by atoms with Gasteiger partial charge in [-0.05, 0) is 38.1 Å². The van der Waals surface area contributed by atoms with Crippen LogP contribution in [0.25, 0.3) is 0 Å². The highest BCUT2D eigenvalue weighted by atomic mass is 32.2. The van der Waals surface area contributed by atoms with E-state index in [0.29, 0.717) is 17.9 Å². The number of anilines is 2. The Morgan fingerprint density at radius 3 is 2.30 bits per heavy atom. The Morgan fingerprint density at radius 1 is 1.22 bits per heavy atom. The number of nitrogens with zero attached hydrogens (tertiary/aromatic N) is 2. The van der Waals surface area contributed by atoms with Crippen molar-refractivity contribution in [3.05, 3.63) is 35.5 Å². The van der Waals surface area contributed by atoms with Gasteiger partial charge in [-0.15, -0.1) is 0 Å². The summed E-state index contributed by atoms with van der Waals surface area (Å²) in [6.07, 6.45) is 0.362. The lowest BCUT2D eigenvalue weighted by molar-refractivity contribution is -0.115. The fourth-order valence-electron chi connectivity index (χ4n) is 2.06. The summed E-state index contributed by atoms with van der Waals surface area (Å²) < 4.78 is 29.0. The van der Waals surface area contributed by atoms with Crippen LogP contribution in [0.1, 0.15) is 24.6 Å². The molecule has 7 nitrogen and oxygen atoms in total. The predicted molar refractivity (Wildman–Crippen MR) is 88.9 cm³/mol. The largest absolute Gasteiger partial charge is 0.326 e. The zero-order valence-corrected chi connectivity index (χ0v) is 14.4. The van der Waals surface area contributed by atoms with Gasteiger partial charge in [0.2, 0.25) is 5.91 Å². The average molecular weight is 336 g/mol. The molecule has 2 N–H and O–H groups in total. The molecule has 2 rings (SSSR count). The van der Waals surface area contributed by atoms with Crippen molar-refractivity contribution in [2.24, 2.45) is 7.05 Å². The molecule has 8 heteroatoms. The summed E-state index contributed by atoms with van der Waals surface area (Å²) in [5.74, 6) is 0.311. The van der Waals surface area contributed by atoms with E-state index in [2.05, 4.69) is 15.1 Å². The molecule has 0 radical (unpaired) electrons. The molecule has 0 aliphatic heterocycles. The van der Waals surface area contributed by atoms with Gasteiger partial charge in [0.25, 0.3) is 10.0 Å². The molecule has 1 aromatic heterocycles. The van der Waals surface area contributed by atoms with Crippen LogP contribution in [0.15, 0.2) is 29.2 Å². The SMILES string of the molecule is CCC(=O)Nc1ccc(S(=O)(=O)Nc2c(C)c(C)nn2C)cc1. The summed E-state index contributed by atoms with van der Waals surface area (Å²) in [5, 5.41) is 6.86. The summed E-state index contributed by atoms with van der Waals surface area (Å²) in [7, 11) is -2.04. The molecule has 0 atom stereocenters. The van der Waals surface area contributed by atoms with E-state index in [4.69, 9.17) is 0 Å². The molecule has 1 aromatic carbocycles. The Hall–Kier alpha value is -2.35. The van der Waals surface area contributed by atoms with Crippen LogP contribution in [0.2, 0.25) is 0 Å². The van der Waals surface area contributed by atoms with E-state index in [0.717, 1.165) is 11.3 Å². The molecule has 0 aliphatic carbocycles. The number of amides is 1. The van der Waals surface area contributed by atoms with Gasteiger partial charge < -0.3 is 5.32 Å². The van der Waals surface area contributed by atoms with Gasteiger partial charge in [0, 0.05) is 24.7 Å². The highest BCUT2D eigenvalue weighted by Gasteiger charge is 2.19. The standard InChI is InChI=1S/C15H20N4O3S/c1-5-14(20)16-12-6-8-13(9-7-12)23(21,22)18-15-10(2)11(3)17-19(15)4/h6-9,18H,5H2,1-4H3,(H,16,20). The number of sulfonamides is 1. The van der Waals surface area contributed by atoms with Crippen molar-refractivity contribution >= 4 is 27.4 Å². The normalized spacial score (nSPS) is 11.3. The maximum atomic E-state index is 12.5. The van der Waals surface area contributed by atoms with Crippen molar-refractivity contribution < 1.29 is 13.2 Å². The van der Waals surface area contributed by atoms with E-state index in [9.17, 15) is 13.2 Å². The zero-order valence-electron chi connectivity index (χ0n) is 13.5. The molecule has 124 valence electrons. The van der Waals surface area contributed by atoms with E-state index in [-0.39, 0.29) is 10.8 Å². The van der Waals surface area contributed by atoms with Crippen molar-refractivity contribution in [2.45, 2.75) is 32.1 Å². The summed E-state index contributed by atoms with van der Waals surface area (Å²) >= 11 is 0. The first-order chi connectivity index (χ1) is 10.7. The van der Waals surface area contributed by atoms with Crippen LogP contribution in [-0.4, -0.2) is 24.1 Å². The number of hydrogen-bond acceptors (Lipinski definition) is 4. The zero-order chi connectivity index (χ0) is 17.2. The number of rotatable bonds is 5. The molecule has 0 unspecified atom stereocenters. The summed E-state index contributed by atoms with van der Waals surface area (Å²) in [6, 6.07) is 6.02. The van der Waals surface area contributed by atoms with Gasteiger partial charge in [-0.1, -0.05) is 6.92 Å². The van der Waals surface area contributed by atoms with Gasteiger partial charge in [0.1, 0.15) is 5.82 Å². The van der Waals surface area contributed by atoms with Gasteiger partial charge in [-0.3, -0.25) is 14.2 Å². The number of carbonyl (C=O) groups excluding carboxylic acids is 1. The van der Waals surface area contributed by atoms with Crippen LogP contribution >= 0.6 is 0 Å². The molecule has 2 aromatic rings. The first kappa shape index (κ1) is 17.0. The molecule has 0 fully saturated rings. The maximum Gasteiger partial charge on any atom is 0.263 e. The highest BCUT2D eigenvalue weighted by Crippen LogP contribution is 2.22. The molecular formula is C15H20N4O3S. The van der Waals surface area contributed by atoms with Gasteiger partial charge >= 0.3 is 0 Å². The first-order valence-electron chi connectivity index (χ1n) is 7.17. The number of aromatic nitrogens is 2. The Bertz CT molecular complexity index is 823. The summed E-state index contributed by atoms with van der Waals surface area (Å²) in [6.45, 7) is 5.37. The van der Waals surface area contributed by atoms with Crippen LogP contribution in [0.4, 0.5) is 11.5 Å². The predicted octanol–water partition coefficient (Wildman–Crippen LogP) is 2.19. The van der Waals surface area contributed by atoms with Gasteiger partial charge in [0.05, 0.1) is 10.6 Å². The lowest BCUT2D eigenvalue weighted by Gasteiger charge is -2.10. The van der Waals surface area contributed by atoms with Crippen LogP contribution in [0.5, 0.6) is 0 Å². The smallest absolute Gasteiger partial charge is 0.263 e. The van der Waals surface area contributed by atoms with E-state index < -0.39 is 10.0 Å². The van der Waals surface area contributed by atoms with Crippen molar-refractivity contribution in [1.82, 2.24) is 9.78 Å². The van der Waals surface area contributed by atoms with E-state index in [1.54, 1.807) is 26.1 Å². The van der Waals surface area contributed by atoms with Crippen molar-refractivity contribution in [2.75, 3.05) is 10.0 Å². The van der Waals surface area contributed by atoms with Crippen molar-refractivity contribution in [3.8, 4) is 0 Å². The van der Waals surface area contributed by atoms with Crippen LogP contribution in [-0.2, 0) is 21.9 Å². The molecule has 1 amide bonds. The van der Waals surface area contributed by atoms with E-state index in [1.807, 2.05) is 13.8 Å². The molecular weight excluding hydrogens is 316 g/mol. The van der Waals surface area contributed by atoms with Crippen LogP contribution < -0.4 is 10.0 Å². The van der Waals surface area contributed by atoms with Crippen LogP contribution in [0, 0.1) is 13.8 Å². The Balaban J connectivity index is 2.24. The van der Waals surface area contributed by atoms with Gasteiger partial charge in [0.15, 0.2) is 0 Å². The van der Waals surface area contributed by atoms with Crippen LogP contribution in [0.3, 0.4) is 0 Å². The van der Waals surface area contributed by atoms with Gasteiger partial charge in [-0.2, -0.15) is 5.10 Å². The number of hydrogen-bond donors (Lipinski definition) is 2. The lowest BCUT2D eigenvalue weighted by Crippen LogP contribution is -2.16. The lowest BCUT2D eigenvalue weighted by atomic mass is 10.3. The molecule has 1 heterocycles. The second kappa shape index (κ2) is 6.41. The Labute approximate surface area is 135 Å². The van der Waals surface area contributed by atoms with E-state index >= 15 is 0 Å². The monoisotopic (exact) mass is 336 g/mol. The van der Waals surface area contributed by atoms with Crippen molar-refractivity contribution in [1.29, 1.82) is 0 Å². The number of carbonyl (C=O) groups is 1. The first-order valence-corrected chi connectivity index (χ1v) is 8.66. The topological polar surface area (TPSA) is 93.1 Å². The third-order valence-corrected chi connectivity index (χ3v) is 4.88. The Morgan fingerprint density at radius 2 is 1.83 bits per heavy atom. The fourth-order valence-corrected chi connectivity index (χ4v) is 3.21. The quantitative estimate of drug-likeness (QED) is 0.875. The minimum atomic E-state index is -3.72. The fraction of sp³-hybridized carbons (Fsp3) is 0.333. The minimum absolute atomic E-state index is 0.116. The second-order valence-corrected chi connectivity index (χ2v) is 6.90. The second-order valence-electron chi connectivity index (χ2n) is 5.21. The number of benzene rings is 1. The molecule has 23 heavy (non-hydrogen) atoms. The van der Waals surface area contributed by atoms with E-state index in [1.165, 1.54) is 16.8 Å². The number of aryl methyl sites for hydroxylation is 2. The number of nitrogens with one attached hydrogen (secondary N) is 2. The molecule has 0 bridgehead atoms. The highest BCUT2D eigenvalue weighted by molar-refractivity contribution is 7.92. The third-order valence-electron chi connectivity index (χ3n) is 3.52. The maximum absolute atomic E-state index is 12.5. The molecule has 0 spiro atoms. The Kier molecular flexibility index (Phi) is 4.74. The third kappa shape index (κ3) is 3.70. The minimum Gasteiger partial charge on any atom is -0.326 e. The molecule has 0 saturated carbocycles. The molecule has 0 saturated heterocycles.